The molecule has 7 nitrogen and oxygen atoms in total. The number of carbonyl (C=O) groups is 1. The van der Waals surface area contributed by atoms with Crippen LogP contribution in [-0.4, -0.2) is 47.5 Å². The van der Waals surface area contributed by atoms with Crippen molar-refractivity contribution in [2.24, 2.45) is 13.0 Å². The Balaban J connectivity index is 1.43. The van der Waals surface area contributed by atoms with Gasteiger partial charge in [0, 0.05) is 20.1 Å². The van der Waals surface area contributed by atoms with Gasteiger partial charge in [0.05, 0.1) is 31.3 Å². The van der Waals surface area contributed by atoms with Crippen molar-refractivity contribution >= 4 is 11.7 Å². The number of amides is 2. The predicted octanol–water partition coefficient (Wildman–Crippen LogP) is 3.06. The van der Waals surface area contributed by atoms with Crippen LogP contribution in [0.2, 0.25) is 0 Å². The first-order chi connectivity index (χ1) is 12.6. The highest BCUT2D eigenvalue weighted by Crippen LogP contribution is 2.22. The second-order valence-corrected chi connectivity index (χ2v) is 6.61. The number of hydrogen-bond acceptors (Lipinski definition) is 4. The van der Waals surface area contributed by atoms with Crippen molar-refractivity contribution in [2.75, 3.05) is 32.1 Å². The molecular formula is C19H26N4O3. The van der Waals surface area contributed by atoms with Crippen molar-refractivity contribution in [3.63, 3.8) is 0 Å². The van der Waals surface area contributed by atoms with Gasteiger partial charge in [-0.1, -0.05) is 0 Å². The van der Waals surface area contributed by atoms with Crippen LogP contribution < -0.4 is 14.8 Å². The average Bonchev–Trinajstić information content (AvgIpc) is 2.99. The fourth-order valence-corrected chi connectivity index (χ4v) is 3.00. The minimum absolute atomic E-state index is 0.0596. The van der Waals surface area contributed by atoms with Gasteiger partial charge in [-0.3, -0.25) is 4.68 Å². The minimum Gasteiger partial charge on any atom is -0.497 e. The number of anilines is 1. The molecule has 1 saturated heterocycles. The van der Waals surface area contributed by atoms with Gasteiger partial charge in [0.25, 0.3) is 0 Å². The number of ether oxygens (including phenoxy) is 2. The van der Waals surface area contributed by atoms with E-state index < -0.39 is 0 Å². The van der Waals surface area contributed by atoms with Crippen LogP contribution in [-0.2, 0) is 7.05 Å². The van der Waals surface area contributed by atoms with E-state index in [2.05, 4.69) is 10.4 Å². The normalized spacial score (nSPS) is 15.0. The van der Waals surface area contributed by atoms with Gasteiger partial charge in [0.2, 0.25) is 0 Å². The molecule has 1 aliphatic heterocycles. The number of aromatic nitrogens is 2. The first kappa shape index (κ1) is 18.1. The molecule has 0 atom stereocenters. The van der Waals surface area contributed by atoms with Crippen molar-refractivity contribution < 1.29 is 14.3 Å². The van der Waals surface area contributed by atoms with Gasteiger partial charge in [-0.15, -0.1) is 0 Å². The first-order valence-electron chi connectivity index (χ1n) is 8.88. The molecule has 140 valence electrons. The Bertz CT molecular complexity index is 734. The molecule has 7 heteroatoms. The van der Waals surface area contributed by atoms with E-state index in [0.717, 1.165) is 48.8 Å². The third kappa shape index (κ3) is 4.28. The summed E-state index contributed by atoms with van der Waals surface area (Å²) in [6, 6.07) is 7.55. The van der Waals surface area contributed by atoms with E-state index in [-0.39, 0.29) is 6.03 Å². The van der Waals surface area contributed by atoms with Crippen LogP contribution in [0, 0.1) is 12.8 Å². The third-order valence-corrected chi connectivity index (χ3v) is 4.92. The Hall–Kier alpha value is -2.70. The number of aryl methyl sites for hydroxylation is 1. The van der Waals surface area contributed by atoms with Gasteiger partial charge in [-0.05, 0) is 49.9 Å². The highest BCUT2D eigenvalue weighted by Gasteiger charge is 2.24. The van der Waals surface area contributed by atoms with Gasteiger partial charge in [-0.2, -0.15) is 5.10 Å². The summed E-state index contributed by atoms with van der Waals surface area (Å²) in [5.74, 6) is 2.12. The summed E-state index contributed by atoms with van der Waals surface area (Å²) in [6.45, 7) is 4.08. The maximum absolute atomic E-state index is 12.4. The fraction of sp³-hybridized carbons (Fsp3) is 0.474. The zero-order valence-electron chi connectivity index (χ0n) is 15.6. The van der Waals surface area contributed by atoms with E-state index >= 15 is 0 Å². The van der Waals surface area contributed by atoms with E-state index in [4.69, 9.17) is 9.47 Å². The highest BCUT2D eigenvalue weighted by atomic mass is 16.5. The van der Waals surface area contributed by atoms with Gasteiger partial charge in [-0.25, -0.2) is 4.79 Å². The van der Waals surface area contributed by atoms with E-state index in [1.807, 2.05) is 43.1 Å². The summed E-state index contributed by atoms with van der Waals surface area (Å²) >= 11 is 0. The molecule has 2 amide bonds. The molecule has 0 bridgehead atoms. The summed E-state index contributed by atoms with van der Waals surface area (Å²) in [6.07, 6.45) is 3.56. The Kier molecular flexibility index (Phi) is 5.65. The molecule has 0 unspecified atom stereocenters. The fourth-order valence-electron chi connectivity index (χ4n) is 3.00. The SMILES string of the molecule is COc1ccc(OCC2CCN(C(=O)Nc3cnn(C)c3C)CC2)cc1. The number of likely N-dealkylation sites (tertiary alicyclic amines) is 1. The summed E-state index contributed by atoms with van der Waals surface area (Å²) in [5, 5.41) is 7.09. The van der Waals surface area contributed by atoms with E-state index in [1.54, 1.807) is 18.0 Å². The Morgan fingerprint density at radius 1 is 1.23 bits per heavy atom. The van der Waals surface area contributed by atoms with Crippen molar-refractivity contribution in [1.82, 2.24) is 14.7 Å². The van der Waals surface area contributed by atoms with Crippen LogP contribution in [0.4, 0.5) is 10.5 Å². The summed E-state index contributed by atoms with van der Waals surface area (Å²) in [4.78, 5) is 14.3. The molecule has 1 fully saturated rings. The number of piperidine rings is 1. The molecule has 3 rings (SSSR count). The number of urea groups is 1. The smallest absolute Gasteiger partial charge is 0.321 e. The third-order valence-electron chi connectivity index (χ3n) is 4.92. The Labute approximate surface area is 153 Å². The number of benzene rings is 1. The van der Waals surface area contributed by atoms with Crippen LogP contribution >= 0.6 is 0 Å². The zero-order valence-corrected chi connectivity index (χ0v) is 15.6. The van der Waals surface area contributed by atoms with Gasteiger partial charge in [0.15, 0.2) is 0 Å². The van der Waals surface area contributed by atoms with Gasteiger partial charge in [0.1, 0.15) is 11.5 Å². The highest BCUT2D eigenvalue weighted by molar-refractivity contribution is 5.89. The maximum atomic E-state index is 12.4. The number of nitrogens with zero attached hydrogens (tertiary/aromatic N) is 3. The lowest BCUT2D eigenvalue weighted by molar-refractivity contribution is 0.152. The molecule has 0 spiro atoms. The molecule has 2 aromatic rings. The van der Waals surface area contributed by atoms with E-state index in [1.165, 1.54) is 0 Å². The zero-order chi connectivity index (χ0) is 18.5. The topological polar surface area (TPSA) is 68.6 Å². The lowest BCUT2D eigenvalue weighted by atomic mass is 9.98. The van der Waals surface area contributed by atoms with Crippen molar-refractivity contribution in [3.8, 4) is 11.5 Å². The lowest BCUT2D eigenvalue weighted by Crippen LogP contribution is -2.42. The minimum atomic E-state index is -0.0596. The molecule has 1 aromatic carbocycles. The van der Waals surface area contributed by atoms with Crippen LogP contribution in [0.5, 0.6) is 11.5 Å². The molecular weight excluding hydrogens is 332 g/mol. The van der Waals surface area contributed by atoms with Crippen LogP contribution in [0.3, 0.4) is 0 Å². The monoisotopic (exact) mass is 358 g/mol. The molecule has 1 N–H and O–H groups in total. The standard InChI is InChI=1S/C19H26N4O3/c1-14-18(12-20-22(14)2)21-19(24)23-10-8-15(9-11-23)13-26-17-6-4-16(25-3)5-7-17/h4-7,12,15H,8-11,13H2,1-3H3,(H,21,24). The average molecular weight is 358 g/mol. The number of nitrogens with one attached hydrogen (secondary N) is 1. The van der Waals surface area contributed by atoms with Crippen LogP contribution in [0.1, 0.15) is 18.5 Å². The number of rotatable bonds is 5. The van der Waals surface area contributed by atoms with Crippen LogP contribution in [0.25, 0.3) is 0 Å². The molecule has 26 heavy (non-hydrogen) atoms. The molecule has 0 saturated carbocycles. The summed E-state index contributed by atoms with van der Waals surface area (Å²) < 4.78 is 12.8. The first-order valence-corrected chi connectivity index (χ1v) is 8.88. The number of methoxy groups -OCH3 is 1. The molecule has 0 radical (unpaired) electrons. The van der Waals surface area contributed by atoms with Crippen molar-refractivity contribution in [3.05, 3.63) is 36.2 Å². The van der Waals surface area contributed by atoms with Gasteiger partial charge >= 0.3 is 6.03 Å². The molecule has 1 aromatic heterocycles. The maximum Gasteiger partial charge on any atom is 0.321 e. The Morgan fingerprint density at radius 2 is 1.88 bits per heavy atom. The van der Waals surface area contributed by atoms with E-state index in [0.29, 0.717) is 12.5 Å². The quantitative estimate of drug-likeness (QED) is 0.892. The van der Waals surface area contributed by atoms with Crippen molar-refractivity contribution in [1.29, 1.82) is 0 Å². The molecule has 0 aliphatic carbocycles. The molecule has 2 heterocycles. The van der Waals surface area contributed by atoms with Gasteiger partial charge < -0.3 is 19.7 Å². The second kappa shape index (κ2) is 8.12. The number of carbonyl (C=O) groups excluding carboxylic acids is 1. The summed E-state index contributed by atoms with van der Waals surface area (Å²) in [5.41, 5.74) is 1.71. The second-order valence-electron chi connectivity index (χ2n) is 6.61. The van der Waals surface area contributed by atoms with Crippen molar-refractivity contribution in [2.45, 2.75) is 19.8 Å². The lowest BCUT2D eigenvalue weighted by Gasteiger charge is -2.31. The summed E-state index contributed by atoms with van der Waals surface area (Å²) in [7, 11) is 3.51. The number of hydrogen-bond donors (Lipinski definition) is 1. The van der Waals surface area contributed by atoms with E-state index in [9.17, 15) is 4.79 Å². The predicted molar refractivity (Wildman–Crippen MR) is 99.7 cm³/mol. The molecule has 1 aliphatic rings. The Morgan fingerprint density at radius 3 is 2.46 bits per heavy atom. The van der Waals surface area contributed by atoms with Crippen LogP contribution in [0.15, 0.2) is 30.5 Å². The largest absolute Gasteiger partial charge is 0.497 e.